The summed E-state index contributed by atoms with van der Waals surface area (Å²) in [6, 6.07) is 0. The van der Waals surface area contributed by atoms with E-state index >= 15 is 0 Å². The van der Waals surface area contributed by atoms with Gasteiger partial charge in [0.05, 0.1) is 12.5 Å². The van der Waals surface area contributed by atoms with Crippen LogP contribution in [0.3, 0.4) is 0 Å². The minimum absolute atomic E-state index is 0.193. The molecular weight excluding hydrogens is 376 g/mol. The third-order valence-electron chi connectivity index (χ3n) is 6.69. The summed E-state index contributed by atoms with van der Waals surface area (Å²) in [5, 5.41) is 0. The smallest absolute Gasteiger partial charge is 0.334 e. The van der Waals surface area contributed by atoms with E-state index in [9.17, 15) is 14.4 Å². The number of ether oxygens (including phenoxy) is 4. The molecule has 4 rings (SSSR count). The highest BCUT2D eigenvalue weighted by Crippen LogP contribution is 2.58. The topological polar surface area (TPSA) is 91.4 Å². The fourth-order valence-electron chi connectivity index (χ4n) is 5.16. The van der Waals surface area contributed by atoms with Gasteiger partial charge in [0.1, 0.15) is 23.9 Å². The second-order valence-electron chi connectivity index (χ2n) is 8.43. The molecule has 2 aliphatic carbocycles. The van der Waals surface area contributed by atoms with Crippen LogP contribution in [-0.2, 0) is 33.3 Å². The first-order chi connectivity index (χ1) is 13.7. The minimum Gasteiger partial charge on any atom is -0.458 e. The van der Waals surface area contributed by atoms with E-state index in [2.05, 4.69) is 6.58 Å². The van der Waals surface area contributed by atoms with E-state index in [1.165, 1.54) is 6.92 Å². The van der Waals surface area contributed by atoms with Crippen molar-refractivity contribution in [3.63, 3.8) is 0 Å². The number of allylic oxidation sites excluding steroid dienone is 1. The van der Waals surface area contributed by atoms with Crippen LogP contribution in [-0.4, -0.2) is 48.4 Å². The van der Waals surface area contributed by atoms with Crippen molar-refractivity contribution in [2.45, 2.75) is 58.0 Å². The highest BCUT2D eigenvalue weighted by atomic mass is 16.6. The van der Waals surface area contributed by atoms with E-state index in [4.69, 9.17) is 18.9 Å². The van der Waals surface area contributed by atoms with Gasteiger partial charge < -0.3 is 18.9 Å². The summed E-state index contributed by atoms with van der Waals surface area (Å²) in [6.07, 6.45) is 2.38. The maximum Gasteiger partial charge on any atom is 0.334 e. The molecule has 4 aliphatic rings. The van der Waals surface area contributed by atoms with Gasteiger partial charge in [-0.3, -0.25) is 4.79 Å². The second-order valence-corrected chi connectivity index (χ2v) is 8.43. The van der Waals surface area contributed by atoms with Crippen molar-refractivity contribution in [2.75, 3.05) is 6.61 Å². The standard InChI is InChI=1S/C22H26O7/c1-6-10(2)20(24)28-15-8-22(9-26-22)18-14(27-13(5)23)7-11(3)16(18)19-17(15)12(4)21(25)29-19/h6-7,14-19H,4,8-9H2,1-3,5H3. The van der Waals surface area contributed by atoms with E-state index in [0.717, 1.165) is 5.57 Å². The van der Waals surface area contributed by atoms with Crippen LogP contribution in [0.15, 0.2) is 35.5 Å². The van der Waals surface area contributed by atoms with Gasteiger partial charge >= 0.3 is 17.9 Å². The minimum atomic E-state index is -0.611. The molecule has 2 aliphatic heterocycles. The fraction of sp³-hybridized carbons (Fsp3) is 0.591. The Hall–Kier alpha value is -2.41. The Bertz CT molecular complexity index is 847. The summed E-state index contributed by atoms with van der Waals surface area (Å²) in [4.78, 5) is 36.6. The fourth-order valence-corrected chi connectivity index (χ4v) is 5.16. The van der Waals surface area contributed by atoms with Crippen molar-refractivity contribution in [3.8, 4) is 0 Å². The highest BCUT2D eigenvalue weighted by molar-refractivity contribution is 5.92. The quantitative estimate of drug-likeness (QED) is 0.235. The predicted molar refractivity (Wildman–Crippen MR) is 101 cm³/mol. The molecule has 2 saturated heterocycles. The van der Waals surface area contributed by atoms with Crippen molar-refractivity contribution in [1.29, 1.82) is 0 Å². The summed E-state index contributed by atoms with van der Waals surface area (Å²) < 4.78 is 23.1. The van der Waals surface area contributed by atoms with Gasteiger partial charge in [-0.1, -0.05) is 18.2 Å². The van der Waals surface area contributed by atoms with Crippen molar-refractivity contribution in [1.82, 2.24) is 0 Å². The summed E-state index contributed by atoms with van der Waals surface area (Å²) in [6.45, 7) is 11.2. The third-order valence-corrected chi connectivity index (χ3v) is 6.69. The first-order valence-electron chi connectivity index (χ1n) is 9.91. The van der Waals surface area contributed by atoms with Crippen LogP contribution in [0.1, 0.15) is 34.1 Å². The molecule has 1 spiro atoms. The Morgan fingerprint density at radius 1 is 1.28 bits per heavy atom. The van der Waals surface area contributed by atoms with Gasteiger partial charge in [-0.2, -0.15) is 0 Å². The van der Waals surface area contributed by atoms with Gasteiger partial charge in [0.2, 0.25) is 0 Å². The molecule has 156 valence electrons. The van der Waals surface area contributed by atoms with Crippen LogP contribution in [0.5, 0.6) is 0 Å². The highest BCUT2D eigenvalue weighted by Gasteiger charge is 2.68. The van der Waals surface area contributed by atoms with Crippen LogP contribution >= 0.6 is 0 Å². The molecule has 0 amide bonds. The van der Waals surface area contributed by atoms with Crippen LogP contribution in [0.4, 0.5) is 0 Å². The average molecular weight is 402 g/mol. The third kappa shape index (κ3) is 3.12. The molecule has 7 nitrogen and oxygen atoms in total. The number of hydrogen-bond donors (Lipinski definition) is 0. The Morgan fingerprint density at radius 3 is 2.55 bits per heavy atom. The zero-order chi connectivity index (χ0) is 21.1. The molecule has 0 N–H and O–H groups in total. The van der Waals surface area contributed by atoms with Crippen LogP contribution in [0, 0.1) is 17.8 Å². The van der Waals surface area contributed by atoms with Gasteiger partial charge in [-0.15, -0.1) is 0 Å². The van der Waals surface area contributed by atoms with Crippen molar-refractivity contribution in [3.05, 3.63) is 35.5 Å². The number of carbonyl (C=O) groups excluding carboxylic acids is 3. The molecule has 1 saturated carbocycles. The van der Waals surface area contributed by atoms with E-state index in [1.54, 1.807) is 19.9 Å². The number of carbonyl (C=O) groups is 3. The zero-order valence-corrected chi connectivity index (χ0v) is 17.1. The number of epoxide rings is 1. The molecule has 7 unspecified atom stereocenters. The molecule has 29 heavy (non-hydrogen) atoms. The number of rotatable bonds is 3. The molecule has 0 radical (unpaired) electrons. The summed E-state index contributed by atoms with van der Waals surface area (Å²) in [5.74, 6) is -2.15. The molecule has 0 aromatic rings. The van der Waals surface area contributed by atoms with E-state index < -0.39 is 41.8 Å². The zero-order valence-electron chi connectivity index (χ0n) is 17.1. The lowest BCUT2D eigenvalue weighted by molar-refractivity contribution is -0.151. The van der Waals surface area contributed by atoms with Crippen molar-refractivity contribution >= 4 is 17.9 Å². The van der Waals surface area contributed by atoms with Crippen molar-refractivity contribution < 1.29 is 33.3 Å². The molecule has 0 aromatic carbocycles. The first kappa shape index (κ1) is 19.9. The molecule has 3 fully saturated rings. The normalized spacial score (nSPS) is 40.6. The maximum atomic E-state index is 12.5. The molecule has 7 atom stereocenters. The summed E-state index contributed by atoms with van der Waals surface area (Å²) in [7, 11) is 0. The lowest BCUT2D eigenvalue weighted by Crippen LogP contribution is -2.41. The van der Waals surface area contributed by atoms with Gasteiger partial charge in [0.15, 0.2) is 0 Å². The van der Waals surface area contributed by atoms with Crippen LogP contribution in [0.2, 0.25) is 0 Å². The molecule has 0 aromatic heterocycles. The number of esters is 3. The Kier molecular flexibility index (Phi) is 4.69. The van der Waals surface area contributed by atoms with Crippen LogP contribution in [0.25, 0.3) is 0 Å². The SMILES string of the molecule is C=C1C(=O)OC2C1C(OC(=O)C(C)=CC)CC1(CO1)C1C(OC(C)=O)C=C(C)C21. The average Bonchev–Trinajstić information content (AvgIpc) is 3.29. The summed E-state index contributed by atoms with van der Waals surface area (Å²) in [5.41, 5.74) is 1.18. The van der Waals surface area contributed by atoms with Gasteiger partial charge in [0, 0.05) is 36.3 Å². The van der Waals surface area contributed by atoms with E-state index in [1.807, 2.05) is 13.0 Å². The summed E-state index contributed by atoms with van der Waals surface area (Å²) >= 11 is 0. The maximum absolute atomic E-state index is 12.5. The molecule has 7 heteroatoms. The lowest BCUT2D eigenvalue weighted by Gasteiger charge is -2.31. The van der Waals surface area contributed by atoms with Gasteiger partial charge in [-0.25, -0.2) is 9.59 Å². The largest absolute Gasteiger partial charge is 0.458 e. The van der Waals surface area contributed by atoms with Crippen LogP contribution < -0.4 is 0 Å². The van der Waals surface area contributed by atoms with E-state index in [-0.39, 0.29) is 17.8 Å². The molecular formula is C22H26O7. The lowest BCUT2D eigenvalue weighted by atomic mass is 9.77. The van der Waals surface area contributed by atoms with Crippen molar-refractivity contribution in [2.24, 2.45) is 17.8 Å². The monoisotopic (exact) mass is 402 g/mol. The Labute approximate surface area is 169 Å². The molecule has 0 bridgehead atoms. The number of fused-ring (bicyclic) bond motifs is 4. The second kappa shape index (κ2) is 6.83. The number of hydrogen-bond acceptors (Lipinski definition) is 7. The van der Waals surface area contributed by atoms with Gasteiger partial charge in [-0.05, 0) is 26.8 Å². The Balaban J connectivity index is 1.74. The predicted octanol–water partition coefficient (Wildman–Crippen LogP) is 2.26. The van der Waals surface area contributed by atoms with E-state index in [0.29, 0.717) is 24.2 Å². The Morgan fingerprint density at radius 2 is 1.97 bits per heavy atom. The van der Waals surface area contributed by atoms with Gasteiger partial charge in [0.25, 0.3) is 0 Å². The molecule has 2 heterocycles. The first-order valence-corrected chi connectivity index (χ1v) is 9.91.